The van der Waals surface area contributed by atoms with Gasteiger partial charge in [-0.25, -0.2) is 13.1 Å². The summed E-state index contributed by atoms with van der Waals surface area (Å²) in [6.45, 7) is 0.758. The molecule has 0 aliphatic carbocycles. The molecule has 10 heteroatoms. The van der Waals surface area contributed by atoms with E-state index in [1.54, 1.807) is 6.20 Å². The lowest BCUT2D eigenvalue weighted by molar-refractivity contribution is -0.387. The number of H-pyrrole nitrogens is 1. The lowest BCUT2D eigenvalue weighted by atomic mass is 10.1. The van der Waals surface area contributed by atoms with E-state index in [-0.39, 0.29) is 11.4 Å². The molecular weight excluding hydrogens is 530 g/mol. The smallest absolute Gasteiger partial charge is 0.289 e. The number of nitro benzene ring substituents is 1. The highest BCUT2D eigenvalue weighted by molar-refractivity contribution is 7.89. The Kier molecular flexibility index (Phi) is 8.09. The fraction of sp³-hybridized carbons (Fsp3) is 0.133. The van der Waals surface area contributed by atoms with E-state index in [9.17, 15) is 18.5 Å². The Morgan fingerprint density at radius 2 is 1.43 bits per heavy atom. The van der Waals surface area contributed by atoms with Crippen molar-refractivity contribution >= 4 is 26.6 Å². The summed E-state index contributed by atoms with van der Waals surface area (Å²) in [7, 11) is -4.08. The molecule has 5 rings (SSSR count). The maximum atomic E-state index is 12.8. The van der Waals surface area contributed by atoms with Gasteiger partial charge in [0.15, 0.2) is 16.4 Å². The molecule has 0 atom stereocenters. The zero-order valence-electron chi connectivity index (χ0n) is 21.4. The van der Waals surface area contributed by atoms with Gasteiger partial charge in [-0.3, -0.25) is 10.1 Å². The summed E-state index contributed by atoms with van der Waals surface area (Å²) in [5.41, 5.74) is 3.15. The maximum absolute atomic E-state index is 12.8. The lowest BCUT2D eigenvalue weighted by Crippen LogP contribution is -2.26. The Bertz CT molecular complexity index is 1720. The number of hydrogen-bond acceptors (Lipinski definition) is 6. The van der Waals surface area contributed by atoms with Crippen LogP contribution in [0.3, 0.4) is 0 Å². The van der Waals surface area contributed by atoms with Gasteiger partial charge < -0.3 is 14.5 Å². The molecule has 0 radical (unpaired) electrons. The number of ether oxygens (including phenoxy) is 2. The molecule has 0 spiro atoms. The second-order valence-electron chi connectivity index (χ2n) is 9.05. The Morgan fingerprint density at radius 3 is 2.10 bits per heavy atom. The number of para-hydroxylation sites is 1. The minimum Gasteiger partial charge on any atom is -0.485 e. The predicted molar refractivity (Wildman–Crippen MR) is 152 cm³/mol. The molecule has 40 heavy (non-hydrogen) atoms. The third kappa shape index (κ3) is 6.14. The van der Waals surface area contributed by atoms with Crippen LogP contribution in [0.2, 0.25) is 0 Å². The fourth-order valence-electron chi connectivity index (χ4n) is 4.37. The molecule has 204 valence electrons. The van der Waals surface area contributed by atoms with Crippen molar-refractivity contribution in [3.05, 3.63) is 130 Å². The van der Waals surface area contributed by atoms with Gasteiger partial charge in [0.25, 0.3) is 5.69 Å². The highest BCUT2D eigenvalue weighted by Gasteiger charge is 2.25. The molecule has 0 bridgehead atoms. The molecule has 4 aromatic carbocycles. The van der Waals surface area contributed by atoms with Gasteiger partial charge in [-0.2, -0.15) is 0 Å². The normalized spacial score (nSPS) is 11.4. The lowest BCUT2D eigenvalue weighted by Gasteiger charge is -2.14. The Balaban J connectivity index is 1.36. The second-order valence-corrected chi connectivity index (χ2v) is 10.8. The van der Waals surface area contributed by atoms with Gasteiger partial charge in [-0.1, -0.05) is 72.8 Å². The average Bonchev–Trinajstić information content (AvgIpc) is 3.39. The van der Waals surface area contributed by atoms with Crippen molar-refractivity contribution in [1.82, 2.24) is 9.71 Å². The molecule has 1 aromatic heterocycles. The molecule has 0 saturated carbocycles. The fourth-order valence-corrected chi connectivity index (χ4v) is 5.58. The first-order valence-corrected chi connectivity index (χ1v) is 14.1. The van der Waals surface area contributed by atoms with E-state index < -0.39 is 20.6 Å². The van der Waals surface area contributed by atoms with E-state index in [2.05, 4.69) is 9.71 Å². The molecule has 2 N–H and O–H groups in total. The highest BCUT2D eigenvalue weighted by atomic mass is 32.2. The van der Waals surface area contributed by atoms with E-state index >= 15 is 0 Å². The molecule has 9 nitrogen and oxygen atoms in total. The summed E-state index contributed by atoms with van der Waals surface area (Å²) in [5, 5.41) is 12.2. The van der Waals surface area contributed by atoms with Crippen LogP contribution in [0.25, 0.3) is 10.9 Å². The first-order chi connectivity index (χ1) is 19.4. The van der Waals surface area contributed by atoms with Crippen LogP contribution in [0.1, 0.15) is 16.7 Å². The van der Waals surface area contributed by atoms with Gasteiger partial charge >= 0.3 is 0 Å². The zero-order chi connectivity index (χ0) is 28.0. The van der Waals surface area contributed by atoms with E-state index in [1.807, 2.05) is 72.8 Å². The summed E-state index contributed by atoms with van der Waals surface area (Å²) < 4.78 is 40.5. The minimum absolute atomic E-state index is 0.0494. The summed E-state index contributed by atoms with van der Waals surface area (Å²) in [6, 6.07) is 28.7. The number of aromatic amines is 1. The van der Waals surface area contributed by atoms with Gasteiger partial charge in [0, 0.05) is 24.2 Å². The number of rotatable bonds is 12. The van der Waals surface area contributed by atoms with Crippen LogP contribution in [0.4, 0.5) is 5.69 Å². The van der Waals surface area contributed by atoms with Gasteiger partial charge in [0.05, 0.1) is 10.4 Å². The molecule has 0 saturated heterocycles. The Morgan fingerprint density at radius 1 is 0.800 bits per heavy atom. The molecule has 0 fully saturated rings. The van der Waals surface area contributed by atoms with Crippen molar-refractivity contribution < 1.29 is 22.8 Å². The van der Waals surface area contributed by atoms with Crippen molar-refractivity contribution in [3.8, 4) is 11.5 Å². The first-order valence-electron chi connectivity index (χ1n) is 12.6. The molecule has 0 amide bonds. The van der Waals surface area contributed by atoms with E-state index in [0.717, 1.165) is 27.6 Å². The number of nitrogens with zero attached hydrogens (tertiary/aromatic N) is 1. The van der Waals surface area contributed by atoms with Crippen LogP contribution in [0, 0.1) is 10.1 Å². The van der Waals surface area contributed by atoms with Crippen LogP contribution < -0.4 is 14.2 Å². The van der Waals surface area contributed by atoms with Crippen LogP contribution in [0.5, 0.6) is 11.5 Å². The number of hydrogen-bond donors (Lipinski definition) is 2. The molecular formula is C30H27N3O6S. The number of nitrogens with one attached hydrogen (secondary N) is 2. The summed E-state index contributed by atoms with van der Waals surface area (Å²) in [4.78, 5) is 13.5. The molecule has 0 aliphatic heterocycles. The van der Waals surface area contributed by atoms with Crippen molar-refractivity contribution in [1.29, 1.82) is 0 Å². The van der Waals surface area contributed by atoms with Gasteiger partial charge in [-0.05, 0) is 41.3 Å². The van der Waals surface area contributed by atoms with Crippen LogP contribution in [-0.2, 0) is 29.7 Å². The zero-order valence-corrected chi connectivity index (χ0v) is 22.3. The van der Waals surface area contributed by atoms with Crippen LogP contribution in [-0.4, -0.2) is 24.9 Å². The van der Waals surface area contributed by atoms with E-state index in [0.29, 0.717) is 31.1 Å². The van der Waals surface area contributed by atoms with E-state index in [4.69, 9.17) is 9.47 Å². The number of sulfonamides is 1. The molecule has 0 aliphatic rings. The third-order valence-corrected chi connectivity index (χ3v) is 7.87. The highest BCUT2D eigenvalue weighted by Crippen LogP contribution is 2.37. The molecule has 0 unspecified atom stereocenters. The first kappa shape index (κ1) is 26.9. The van der Waals surface area contributed by atoms with Gasteiger partial charge in [-0.15, -0.1) is 0 Å². The SMILES string of the molecule is O=[N+]([O-])c1ccccc1S(=O)(=O)NCCc1c[nH]c2c(OCc3ccccc3)c(OCc3ccccc3)ccc12. The van der Waals surface area contributed by atoms with Gasteiger partial charge in [0.1, 0.15) is 13.2 Å². The quantitative estimate of drug-likeness (QED) is 0.149. The summed E-state index contributed by atoms with van der Waals surface area (Å²) >= 11 is 0. The Labute approximate surface area is 231 Å². The van der Waals surface area contributed by atoms with Crippen molar-refractivity contribution in [3.63, 3.8) is 0 Å². The van der Waals surface area contributed by atoms with Crippen molar-refractivity contribution in [2.75, 3.05) is 6.54 Å². The van der Waals surface area contributed by atoms with Crippen molar-refractivity contribution in [2.24, 2.45) is 0 Å². The summed E-state index contributed by atoms with van der Waals surface area (Å²) in [5.74, 6) is 1.14. The summed E-state index contributed by atoms with van der Waals surface area (Å²) in [6.07, 6.45) is 2.16. The van der Waals surface area contributed by atoms with E-state index in [1.165, 1.54) is 24.3 Å². The number of benzene rings is 4. The number of aromatic nitrogens is 1. The monoisotopic (exact) mass is 557 g/mol. The molecule has 5 aromatic rings. The predicted octanol–water partition coefficient (Wildman–Crippen LogP) is 5.76. The minimum atomic E-state index is -4.08. The topological polar surface area (TPSA) is 124 Å². The third-order valence-electron chi connectivity index (χ3n) is 6.36. The largest absolute Gasteiger partial charge is 0.485 e. The van der Waals surface area contributed by atoms with Gasteiger partial charge in [0.2, 0.25) is 10.0 Å². The standard InChI is InChI=1S/C30H27N3O6S/c34-33(35)26-13-7-8-14-28(26)40(36,37)32-18-17-24-19-31-29-25(24)15-16-27(38-20-22-9-3-1-4-10-22)30(29)39-21-23-11-5-2-6-12-23/h1-16,19,31-32H,17-18,20-21H2. The Hall–Kier alpha value is -4.67. The van der Waals surface area contributed by atoms with Crippen LogP contribution in [0.15, 0.2) is 108 Å². The van der Waals surface area contributed by atoms with Crippen LogP contribution >= 0.6 is 0 Å². The number of fused-ring (bicyclic) bond motifs is 1. The number of nitro groups is 1. The second kappa shape index (κ2) is 12.0. The average molecular weight is 558 g/mol. The molecule has 1 heterocycles. The van der Waals surface area contributed by atoms with Crippen molar-refractivity contribution in [2.45, 2.75) is 24.5 Å². The maximum Gasteiger partial charge on any atom is 0.289 e.